The first-order chi connectivity index (χ1) is 9.90. The van der Waals surface area contributed by atoms with E-state index in [9.17, 15) is 18.0 Å². The molecule has 0 atom stereocenters. The molecule has 0 radical (unpaired) electrons. The normalized spacial score (nSPS) is 17.5. The quantitative estimate of drug-likeness (QED) is 0.866. The number of carbonyl (C=O) groups excluding carboxylic acids is 1. The lowest BCUT2D eigenvalue weighted by atomic mass is 10.1. The summed E-state index contributed by atoms with van der Waals surface area (Å²) in [6, 6.07) is 0.825. The summed E-state index contributed by atoms with van der Waals surface area (Å²) in [5, 5.41) is 2.15. The van der Waals surface area contributed by atoms with Gasteiger partial charge in [-0.2, -0.15) is 13.2 Å². The first kappa shape index (κ1) is 15.6. The van der Waals surface area contributed by atoms with Crippen molar-refractivity contribution < 1.29 is 22.7 Å². The largest absolute Gasteiger partial charge is 0.474 e. The lowest BCUT2D eigenvalue weighted by Crippen LogP contribution is -2.36. The van der Waals surface area contributed by atoms with Gasteiger partial charge in [0.25, 0.3) is 0 Å². The first-order valence-corrected chi connectivity index (χ1v) is 6.53. The molecule has 2 rings (SSSR count). The van der Waals surface area contributed by atoms with Gasteiger partial charge in [-0.15, -0.1) is 0 Å². The number of nitrogens with one attached hydrogen (secondary N) is 1. The van der Waals surface area contributed by atoms with Crippen LogP contribution < -0.4 is 10.1 Å². The van der Waals surface area contributed by atoms with Gasteiger partial charge in [0.05, 0.1) is 11.9 Å². The van der Waals surface area contributed by atoms with Gasteiger partial charge in [-0.05, 0) is 26.0 Å². The molecule has 1 N–H and O–H groups in total. The SMILES string of the molecule is CN1CCC(Oc2ncc(NC=O)cc2C(F)(F)F)CC1. The summed E-state index contributed by atoms with van der Waals surface area (Å²) < 4.78 is 44.5. The van der Waals surface area contributed by atoms with Crippen molar-refractivity contribution in [2.24, 2.45) is 0 Å². The molecule has 5 nitrogen and oxygen atoms in total. The number of ether oxygens (including phenoxy) is 1. The molecule has 0 aliphatic carbocycles. The Kier molecular flexibility index (Phi) is 4.66. The molecule has 1 aromatic rings. The predicted molar refractivity (Wildman–Crippen MR) is 70.1 cm³/mol. The summed E-state index contributed by atoms with van der Waals surface area (Å²) in [5.41, 5.74) is -0.999. The highest BCUT2D eigenvalue weighted by Gasteiger charge is 2.36. The molecule has 8 heteroatoms. The van der Waals surface area contributed by atoms with Crippen LogP contribution in [0.2, 0.25) is 0 Å². The zero-order valence-electron chi connectivity index (χ0n) is 11.5. The zero-order valence-corrected chi connectivity index (χ0v) is 11.5. The topological polar surface area (TPSA) is 54.5 Å². The summed E-state index contributed by atoms with van der Waals surface area (Å²) >= 11 is 0. The van der Waals surface area contributed by atoms with E-state index in [1.165, 1.54) is 0 Å². The molecule has 1 amide bonds. The molecule has 0 bridgehead atoms. The average molecular weight is 303 g/mol. The van der Waals surface area contributed by atoms with E-state index in [1.54, 1.807) is 0 Å². The smallest absolute Gasteiger partial charge is 0.421 e. The van der Waals surface area contributed by atoms with Crippen molar-refractivity contribution in [1.29, 1.82) is 0 Å². The van der Waals surface area contributed by atoms with Gasteiger partial charge in [0.2, 0.25) is 12.3 Å². The number of piperidine rings is 1. The Morgan fingerprint density at radius 1 is 1.43 bits per heavy atom. The summed E-state index contributed by atoms with van der Waals surface area (Å²) in [4.78, 5) is 16.1. The second-order valence-corrected chi connectivity index (χ2v) is 4.96. The molecule has 0 saturated carbocycles. The van der Waals surface area contributed by atoms with Crippen molar-refractivity contribution in [1.82, 2.24) is 9.88 Å². The minimum Gasteiger partial charge on any atom is -0.474 e. The van der Waals surface area contributed by atoms with E-state index >= 15 is 0 Å². The van der Waals surface area contributed by atoms with E-state index in [4.69, 9.17) is 4.74 Å². The van der Waals surface area contributed by atoms with E-state index in [0.29, 0.717) is 19.3 Å². The monoisotopic (exact) mass is 303 g/mol. The Morgan fingerprint density at radius 3 is 2.67 bits per heavy atom. The minimum absolute atomic E-state index is 0.0203. The van der Waals surface area contributed by atoms with Crippen molar-refractivity contribution in [3.05, 3.63) is 17.8 Å². The molecule has 0 unspecified atom stereocenters. The Labute approximate surface area is 120 Å². The summed E-state index contributed by atoms with van der Waals surface area (Å²) in [5.74, 6) is -0.437. The van der Waals surface area contributed by atoms with Gasteiger partial charge < -0.3 is 15.0 Å². The van der Waals surface area contributed by atoms with Gasteiger partial charge in [-0.3, -0.25) is 4.79 Å². The van der Waals surface area contributed by atoms with E-state index in [1.807, 2.05) is 7.05 Å². The van der Waals surface area contributed by atoms with Crippen LogP contribution in [0.15, 0.2) is 12.3 Å². The third kappa shape index (κ3) is 4.07. The van der Waals surface area contributed by atoms with E-state index in [-0.39, 0.29) is 11.8 Å². The highest BCUT2D eigenvalue weighted by molar-refractivity contribution is 5.71. The Balaban J connectivity index is 2.19. The van der Waals surface area contributed by atoms with Gasteiger partial charge >= 0.3 is 6.18 Å². The third-order valence-electron chi connectivity index (χ3n) is 3.33. The lowest BCUT2D eigenvalue weighted by molar-refractivity contribution is -0.139. The molecule has 21 heavy (non-hydrogen) atoms. The summed E-state index contributed by atoms with van der Waals surface area (Å²) in [7, 11) is 1.95. The van der Waals surface area contributed by atoms with Crippen molar-refractivity contribution in [3.63, 3.8) is 0 Å². The van der Waals surface area contributed by atoms with Crippen LogP contribution in [-0.2, 0) is 11.0 Å². The number of aromatic nitrogens is 1. The zero-order chi connectivity index (χ0) is 15.5. The van der Waals surface area contributed by atoms with Crippen molar-refractivity contribution in [3.8, 4) is 5.88 Å². The van der Waals surface area contributed by atoms with Crippen LogP contribution in [-0.4, -0.2) is 42.5 Å². The van der Waals surface area contributed by atoms with Gasteiger partial charge in [0, 0.05) is 13.1 Å². The summed E-state index contributed by atoms with van der Waals surface area (Å²) in [6.45, 7) is 1.55. The van der Waals surface area contributed by atoms with Crippen LogP contribution in [0.25, 0.3) is 0 Å². The number of halogens is 3. The fourth-order valence-corrected chi connectivity index (χ4v) is 2.16. The molecule has 1 aliphatic rings. The standard InChI is InChI=1S/C13H16F3N3O2/c1-19-4-2-10(3-5-19)21-12-11(13(14,15)16)6-9(7-17-12)18-8-20/h6-8,10H,2-5H2,1H3,(H,18,20). The number of alkyl halides is 3. The fraction of sp³-hybridized carbons (Fsp3) is 0.538. The van der Waals surface area contributed by atoms with Crippen molar-refractivity contribution >= 4 is 12.1 Å². The van der Waals surface area contributed by atoms with E-state index < -0.39 is 17.6 Å². The third-order valence-corrected chi connectivity index (χ3v) is 3.33. The number of likely N-dealkylation sites (tertiary alicyclic amines) is 1. The highest BCUT2D eigenvalue weighted by atomic mass is 19.4. The van der Waals surface area contributed by atoms with Crippen molar-refractivity contribution in [2.45, 2.75) is 25.1 Å². The Hall–Kier alpha value is -1.83. The highest BCUT2D eigenvalue weighted by Crippen LogP contribution is 2.37. The van der Waals surface area contributed by atoms with Crippen LogP contribution in [0.3, 0.4) is 0 Å². The molecule has 116 valence electrons. The molecule has 1 fully saturated rings. The predicted octanol–water partition coefficient (Wildman–Crippen LogP) is 2.14. The first-order valence-electron chi connectivity index (χ1n) is 6.53. The number of pyridine rings is 1. The molecular weight excluding hydrogens is 287 g/mol. The number of amides is 1. The van der Waals surface area contributed by atoms with Gasteiger partial charge in [0.15, 0.2) is 0 Å². The maximum atomic E-state index is 13.0. The number of hydrogen-bond acceptors (Lipinski definition) is 4. The molecule has 1 saturated heterocycles. The van der Waals surface area contributed by atoms with E-state index in [0.717, 1.165) is 25.4 Å². The number of rotatable bonds is 4. The fourth-order valence-electron chi connectivity index (χ4n) is 2.16. The minimum atomic E-state index is -4.59. The lowest BCUT2D eigenvalue weighted by Gasteiger charge is -2.29. The maximum Gasteiger partial charge on any atom is 0.421 e. The number of hydrogen-bond donors (Lipinski definition) is 1. The average Bonchev–Trinajstić information content (AvgIpc) is 2.42. The second kappa shape index (κ2) is 6.30. The Morgan fingerprint density at radius 2 is 2.10 bits per heavy atom. The van der Waals surface area contributed by atoms with Gasteiger partial charge in [0.1, 0.15) is 11.7 Å². The molecule has 1 aliphatic heterocycles. The Bertz CT molecular complexity index is 500. The maximum absolute atomic E-state index is 13.0. The van der Waals surface area contributed by atoms with E-state index in [2.05, 4.69) is 15.2 Å². The number of anilines is 1. The number of nitrogens with zero attached hydrogens (tertiary/aromatic N) is 2. The molecule has 0 spiro atoms. The van der Waals surface area contributed by atoms with Crippen LogP contribution in [0.5, 0.6) is 5.88 Å². The molecular formula is C13H16F3N3O2. The van der Waals surface area contributed by atoms with Gasteiger partial charge in [-0.1, -0.05) is 0 Å². The van der Waals surface area contributed by atoms with Crippen molar-refractivity contribution in [2.75, 3.05) is 25.5 Å². The molecule has 2 heterocycles. The second-order valence-electron chi connectivity index (χ2n) is 4.96. The molecule has 0 aromatic carbocycles. The van der Waals surface area contributed by atoms with Crippen LogP contribution in [0.4, 0.5) is 18.9 Å². The number of carbonyl (C=O) groups is 1. The van der Waals surface area contributed by atoms with Crippen LogP contribution in [0.1, 0.15) is 18.4 Å². The van der Waals surface area contributed by atoms with Gasteiger partial charge in [-0.25, -0.2) is 4.98 Å². The summed E-state index contributed by atoms with van der Waals surface area (Å²) in [6.07, 6.45) is -2.11. The van der Waals surface area contributed by atoms with Crippen LogP contribution >= 0.6 is 0 Å². The molecule has 1 aromatic heterocycles. The van der Waals surface area contributed by atoms with Crippen LogP contribution in [0, 0.1) is 0 Å².